The van der Waals surface area contributed by atoms with Crippen molar-refractivity contribution in [1.82, 2.24) is 0 Å². The van der Waals surface area contributed by atoms with E-state index in [9.17, 15) is 0 Å². The van der Waals surface area contributed by atoms with Crippen LogP contribution >= 0.6 is 0 Å². The zero-order valence-corrected chi connectivity index (χ0v) is 9.15. The first-order valence-corrected chi connectivity index (χ1v) is 4.74. The van der Waals surface area contributed by atoms with E-state index in [4.69, 9.17) is 5.73 Å². The van der Waals surface area contributed by atoms with Crippen LogP contribution in [0.1, 0.15) is 41.0 Å². The highest BCUT2D eigenvalue weighted by molar-refractivity contribution is 5.22. The zero-order chi connectivity index (χ0) is 9.98. The summed E-state index contributed by atoms with van der Waals surface area (Å²) in [6.07, 6.45) is 5.35. The smallest absolute Gasteiger partial charge is 0.0174 e. The molecule has 0 aliphatic heterocycles. The molecule has 0 aromatic rings. The minimum Gasteiger partial charge on any atom is -0.327 e. The first-order chi connectivity index (χ1) is 5.70. The summed E-state index contributed by atoms with van der Waals surface area (Å²) >= 11 is 0. The Morgan fingerprint density at radius 3 is 2.00 bits per heavy atom. The van der Waals surface area contributed by atoms with Crippen LogP contribution in [0.25, 0.3) is 0 Å². The molecule has 2 N–H and O–H groups in total. The number of hydrogen-bond donors (Lipinski definition) is 1. The van der Waals surface area contributed by atoms with Crippen LogP contribution in [0.2, 0.25) is 0 Å². The normalized spacial score (nSPS) is 10.0. The lowest BCUT2D eigenvalue weighted by atomic mass is 10.1. The fourth-order valence-electron chi connectivity index (χ4n) is 0.834. The Hall–Kier alpha value is -0.560. The topological polar surface area (TPSA) is 26.0 Å². The molecule has 0 radical (unpaired) electrons. The van der Waals surface area contributed by atoms with Gasteiger partial charge in [-0.1, -0.05) is 38.5 Å². The van der Waals surface area contributed by atoms with E-state index in [0.29, 0.717) is 6.54 Å². The van der Waals surface area contributed by atoms with Gasteiger partial charge >= 0.3 is 0 Å². The summed E-state index contributed by atoms with van der Waals surface area (Å²) in [6.45, 7) is 10.9. The Kier molecular flexibility index (Phi) is 12.2. The molecule has 0 aromatic heterocycles. The molecule has 1 heteroatoms. The summed E-state index contributed by atoms with van der Waals surface area (Å²) in [5, 5.41) is 0. The molecule has 0 saturated heterocycles. The van der Waals surface area contributed by atoms with Gasteiger partial charge in [0, 0.05) is 6.54 Å². The van der Waals surface area contributed by atoms with Crippen molar-refractivity contribution < 1.29 is 0 Å². The van der Waals surface area contributed by atoms with E-state index in [-0.39, 0.29) is 0 Å². The van der Waals surface area contributed by atoms with Crippen LogP contribution in [-0.2, 0) is 0 Å². The first-order valence-electron chi connectivity index (χ1n) is 4.74. The predicted octanol–water partition coefficient (Wildman–Crippen LogP) is 3.27. The van der Waals surface area contributed by atoms with Gasteiger partial charge in [0.05, 0.1) is 0 Å². The molecule has 0 aromatic carbocycles. The average Bonchev–Trinajstić information content (AvgIpc) is 2.07. The Morgan fingerprint density at radius 2 is 1.75 bits per heavy atom. The van der Waals surface area contributed by atoms with Gasteiger partial charge < -0.3 is 5.73 Å². The zero-order valence-electron chi connectivity index (χ0n) is 9.15. The van der Waals surface area contributed by atoms with E-state index < -0.39 is 0 Å². The monoisotopic (exact) mass is 169 g/mol. The molecule has 0 bridgehead atoms. The van der Waals surface area contributed by atoms with E-state index in [1.807, 2.05) is 13.8 Å². The highest BCUT2D eigenvalue weighted by Gasteiger charge is 1.86. The lowest BCUT2D eigenvalue weighted by Crippen LogP contribution is -2.00. The maximum absolute atomic E-state index is 5.49. The molecule has 72 valence electrons. The number of hydrogen-bond acceptors (Lipinski definition) is 1. The lowest BCUT2D eigenvalue weighted by Gasteiger charge is -1.96. The van der Waals surface area contributed by atoms with Crippen molar-refractivity contribution in [2.75, 3.05) is 6.54 Å². The molecule has 0 atom stereocenters. The minimum absolute atomic E-state index is 0.652. The van der Waals surface area contributed by atoms with Crippen LogP contribution in [0, 0.1) is 0 Å². The van der Waals surface area contributed by atoms with Gasteiger partial charge in [0.15, 0.2) is 0 Å². The van der Waals surface area contributed by atoms with Crippen molar-refractivity contribution in [3.8, 4) is 0 Å². The van der Waals surface area contributed by atoms with Gasteiger partial charge in [-0.15, -0.1) is 0 Å². The van der Waals surface area contributed by atoms with E-state index in [0.717, 1.165) is 6.42 Å². The van der Waals surface area contributed by atoms with Crippen molar-refractivity contribution in [3.63, 3.8) is 0 Å². The second-order valence-corrected chi connectivity index (χ2v) is 2.61. The summed E-state index contributed by atoms with van der Waals surface area (Å²) < 4.78 is 0. The fourth-order valence-corrected chi connectivity index (χ4v) is 0.834. The van der Waals surface area contributed by atoms with Crippen LogP contribution in [0.3, 0.4) is 0 Å². The molecule has 0 unspecified atom stereocenters. The predicted molar refractivity (Wildman–Crippen MR) is 58.2 cm³/mol. The third-order valence-corrected chi connectivity index (χ3v) is 1.18. The molecule has 0 amide bonds. The van der Waals surface area contributed by atoms with Crippen molar-refractivity contribution in [3.05, 3.63) is 23.3 Å². The second-order valence-electron chi connectivity index (χ2n) is 2.61. The van der Waals surface area contributed by atoms with Crippen LogP contribution in [0.5, 0.6) is 0 Å². The fraction of sp³-hybridized carbons (Fsp3) is 0.636. The van der Waals surface area contributed by atoms with E-state index in [2.05, 4.69) is 32.9 Å². The van der Waals surface area contributed by atoms with Gasteiger partial charge in [-0.2, -0.15) is 0 Å². The third-order valence-electron chi connectivity index (χ3n) is 1.18. The quantitative estimate of drug-likeness (QED) is 0.645. The van der Waals surface area contributed by atoms with Crippen LogP contribution in [-0.4, -0.2) is 6.54 Å². The molecular weight excluding hydrogens is 146 g/mol. The third kappa shape index (κ3) is 9.44. The van der Waals surface area contributed by atoms with E-state index in [1.165, 1.54) is 11.1 Å². The molecule has 0 spiro atoms. The maximum Gasteiger partial charge on any atom is 0.0174 e. The van der Waals surface area contributed by atoms with Crippen LogP contribution < -0.4 is 5.73 Å². The Labute approximate surface area is 77.4 Å². The molecule has 12 heavy (non-hydrogen) atoms. The Morgan fingerprint density at radius 1 is 1.25 bits per heavy atom. The van der Waals surface area contributed by atoms with E-state index in [1.54, 1.807) is 0 Å². The van der Waals surface area contributed by atoms with E-state index >= 15 is 0 Å². The number of nitrogens with two attached hydrogens (primary N) is 1. The molecule has 0 fully saturated rings. The SMILES string of the molecule is CC.CC/C=C(\C=C(C)C)CN. The van der Waals surface area contributed by atoms with Gasteiger partial charge in [-0.05, 0) is 25.8 Å². The van der Waals surface area contributed by atoms with Crippen molar-refractivity contribution in [2.45, 2.75) is 41.0 Å². The summed E-state index contributed by atoms with van der Waals surface area (Å²) in [5.41, 5.74) is 8.04. The lowest BCUT2D eigenvalue weighted by molar-refractivity contribution is 1.12. The average molecular weight is 169 g/mol. The van der Waals surface area contributed by atoms with Gasteiger partial charge in [0.2, 0.25) is 0 Å². The standard InChI is InChI=1S/C9H17N.C2H6/c1-4-5-9(7-10)6-8(2)3;1-2/h5-6H,4,7,10H2,1-3H3;1-2H3/b9-5+;. The van der Waals surface area contributed by atoms with Gasteiger partial charge in [0.1, 0.15) is 0 Å². The largest absolute Gasteiger partial charge is 0.327 e. The highest BCUT2D eigenvalue weighted by Crippen LogP contribution is 2.00. The highest BCUT2D eigenvalue weighted by atomic mass is 14.5. The summed E-state index contributed by atoms with van der Waals surface area (Å²) in [5.74, 6) is 0. The molecule has 0 rings (SSSR count). The molecule has 0 aliphatic carbocycles. The van der Waals surface area contributed by atoms with Crippen molar-refractivity contribution in [1.29, 1.82) is 0 Å². The first kappa shape index (κ1) is 14.0. The Bertz CT molecular complexity index is 139. The van der Waals surface area contributed by atoms with Gasteiger partial charge in [0.25, 0.3) is 0 Å². The number of allylic oxidation sites excluding steroid dienone is 2. The molecule has 1 nitrogen and oxygen atoms in total. The Balaban J connectivity index is 0. The molecule has 0 aliphatic rings. The van der Waals surface area contributed by atoms with Crippen LogP contribution in [0.15, 0.2) is 23.3 Å². The molecular formula is C11H23N. The second kappa shape index (κ2) is 10.4. The molecule has 0 saturated carbocycles. The van der Waals surface area contributed by atoms with Crippen LogP contribution in [0.4, 0.5) is 0 Å². The molecule has 0 heterocycles. The van der Waals surface area contributed by atoms with Crippen molar-refractivity contribution >= 4 is 0 Å². The summed E-state index contributed by atoms with van der Waals surface area (Å²) in [4.78, 5) is 0. The minimum atomic E-state index is 0.652. The summed E-state index contributed by atoms with van der Waals surface area (Å²) in [6, 6.07) is 0. The number of rotatable bonds is 3. The van der Waals surface area contributed by atoms with Crippen molar-refractivity contribution in [2.24, 2.45) is 5.73 Å². The van der Waals surface area contributed by atoms with Gasteiger partial charge in [-0.3, -0.25) is 0 Å². The van der Waals surface area contributed by atoms with Gasteiger partial charge in [-0.25, -0.2) is 0 Å². The summed E-state index contributed by atoms with van der Waals surface area (Å²) in [7, 11) is 0. The maximum atomic E-state index is 5.49.